The van der Waals surface area contributed by atoms with E-state index in [2.05, 4.69) is 43.1 Å². The van der Waals surface area contributed by atoms with E-state index in [-0.39, 0.29) is 0 Å². The van der Waals surface area contributed by atoms with E-state index in [9.17, 15) is 0 Å². The van der Waals surface area contributed by atoms with Gasteiger partial charge in [-0.05, 0) is 23.6 Å². The van der Waals surface area contributed by atoms with Crippen molar-refractivity contribution in [3.05, 3.63) is 29.8 Å². The fraction of sp³-hybridized carbons (Fsp3) is 0.417. The minimum atomic E-state index is -4.67. The summed E-state index contributed by atoms with van der Waals surface area (Å²) in [6.07, 6.45) is 0. The summed E-state index contributed by atoms with van der Waals surface area (Å²) >= 11 is 3.72. The van der Waals surface area contributed by atoms with Crippen molar-refractivity contribution >= 4 is 44.0 Å². The zero-order chi connectivity index (χ0) is 15.2. The first-order chi connectivity index (χ1) is 9.25. The third kappa shape index (κ3) is 7.91. The van der Waals surface area contributed by atoms with Gasteiger partial charge in [0.05, 0.1) is 5.69 Å². The van der Waals surface area contributed by atoms with Crippen molar-refractivity contribution in [2.45, 2.75) is 19.8 Å². The van der Waals surface area contributed by atoms with Crippen LogP contribution in [0, 0.1) is 0 Å². The summed E-state index contributed by atoms with van der Waals surface area (Å²) in [5.74, 6) is 3.00. The molecule has 1 aliphatic heterocycles. The van der Waals surface area contributed by atoms with E-state index in [1.54, 1.807) is 0 Å². The highest BCUT2D eigenvalue weighted by molar-refractivity contribution is 8.41. The number of hydrogen-bond acceptors (Lipinski definition) is 5. The number of rotatable bonds is 2. The minimum Gasteiger partial charge on any atom is -0.264 e. The molecule has 0 bridgehead atoms. The van der Waals surface area contributed by atoms with Crippen LogP contribution in [0.5, 0.6) is 0 Å². The summed E-state index contributed by atoms with van der Waals surface area (Å²) < 4.78 is 32.8. The highest BCUT2D eigenvalue weighted by Crippen LogP contribution is 2.29. The number of hydrogen-bond donors (Lipinski definition) is 2. The van der Waals surface area contributed by atoms with Crippen molar-refractivity contribution < 1.29 is 17.5 Å². The van der Waals surface area contributed by atoms with E-state index in [1.807, 2.05) is 23.5 Å². The highest BCUT2D eigenvalue weighted by Gasteiger charge is 2.09. The van der Waals surface area contributed by atoms with Crippen LogP contribution in [0.4, 0.5) is 5.69 Å². The molecule has 1 aromatic rings. The summed E-state index contributed by atoms with van der Waals surface area (Å²) in [6, 6.07) is 8.58. The topological polar surface area (TPSA) is 87.0 Å². The van der Waals surface area contributed by atoms with Crippen molar-refractivity contribution in [3.8, 4) is 0 Å². The molecule has 0 saturated carbocycles. The van der Waals surface area contributed by atoms with Crippen LogP contribution >= 0.6 is 23.5 Å². The molecule has 1 heterocycles. The Labute approximate surface area is 127 Å². The molecule has 2 rings (SSSR count). The van der Waals surface area contributed by atoms with E-state index in [0.717, 1.165) is 5.69 Å². The SMILES string of the molecule is CC(C)c1ccc(N=C2SCCS2)cc1.O=S(=O)(O)O. The van der Waals surface area contributed by atoms with Gasteiger partial charge in [0.2, 0.25) is 0 Å². The molecule has 0 unspecified atom stereocenters. The average Bonchev–Trinajstić information content (AvgIpc) is 2.80. The Hall–Kier alpha value is -0.540. The molecule has 5 nitrogen and oxygen atoms in total. The van der Waals surface area contributed by atoms with Crippen molar-refractivity contribution in [1.82, 2.24) is 0 Å². The van der Waals surface area contributed by atoms with Crippen LogP contribution in [0.15, 0.2) is 29.3 Å². The van der Waals surface area contributed by atoms with E-state index < -0.39 is 10.4 Å². The van der Waals surface area contributed by atoms with Crippen LogP contribution in [0.2, 0.25) is 0 Å². The molecule has 1 aromatic carbocycles. The Morgan fingerprint density at radius 2 is 1.55 bits per heavy atom. The van der Waals surface area contributed by atoms with E-state index >= 15 is 0 Å². The van der Waals surface area contributed by atoms with Gasteiger partial charge < -0.3 is 0 Å². The Morgan fingerprint density at radius 1 is 1.10 bits per heavy atom. The van der Waals surface area contributed by atoms with E-state index in [0.29, 0.717) is 5.92 Å². The molecule has 0 atom stereocenters. The Kier molecular flexibility index (Phi) is 7.04. The van der Waals surface area contributed by atoms with E-state index in [4.69, 9.17) is 17.5 Å². The van der Waals surface area contributed by atoms with Gasteiger partial charge in [0.1, 0.15) is 4.38 Å². The van der Waals surface area contributed by atoms with Crippen LogP contribution in [-0.4, -0.2) is 33.4 Å². The van der Waals surface area contributed by atoms with Crippen LogP contribution in [0.3, 0.4) is 0 Å². The fourth-order valence-electron chi connectivity index (χ4n) is 1.40. The Bertz CT molecular complexity index is 537. The first-order valence-corrected chi connectivity index (χ1v) is 9.26. The molecule has 0 amide bonds. The molecule has 0 radical (unpaired) electrons. The molecule has 2 N–H and O–H groups in total. The lowest BCUT2D eigenvalue weighted by atomic mass is 10.0. The molecular weight excluding hydrogens is 318 g/mol. The predicted molar refractivity (Wildman–Crippen MR) is 86.7 cm³/mol. The van der Waals surface area contributed by atoms with Crippen molar-refractivity contribution in [2.75, 3.05) is 11.5 Å². The first kappa shape index (κ1) is 17.5. The minimum absolute atomic E-state index is 0.599. The van der Waals surface area contributed by atoms with Gasteiger partial charge in [-0.1, -0.05) is 49.5 Å². The Balaban J connectivity index is 0.000000347. The van der Waals surface area contributed by atoms with Gasteiger partial charge in [0, 0.05) is 11.5 Å². The van der Waals surface area contributed by atoms with Gasteiger partial charge in [0.15, 0.2) is 0 Å². The number of thioether (sulfide) groups is 2. The lowest BCUT2D eigenvalue weighted by Gasteiger charge is -2.04. The lowest BCUT2D eigenvalue weighted by Crippen LogP contribution is -1.89. The van der Waals surface area contributed by atoms with Crippen molar-refractivity contribution in [3.63, 3.8) is 0 Å². The third-order valence-electron chi connectivity index (χ3n) is 2.31. The van der Waals surface area contributed by atoms with Gasteiger partial charge in [-0.15, -0.1) is 0 Å². The van der Waals surface area contributed by atoms with Gasteiger partial charge in [-0.3, -0.25) is 9.11 Å². The number of nitrogens with zero attached hydrogens (tertiary/aromatic N) is 1. The second-order valence-electron chi connectivity index (χ2n) is 4.27. The summed E-state index contributed by atoms with van der Waals surface area (Å²) in [5.41, 5.74) is 2.46. The lowest BCUT2D eigenvalue weighted by molar-refractivity contribution is 0.381. The van der Waals surface area contributed by atoms with Gasteiger partial charge in [0.25, 0.3) is 0 Å². The monoisotopic (exact) mass is 335 g/mol. The molecule has 1 aliphatic rings. The largest absolute Gasteiger partial charge is 0.394 e. The standard InChI is InChI=1S/C12H15NS2.H2O4S/c1-9(2)10-3-5-11(6-4-10)13-12-14-7-8-15-12;1-5(2,3)4/h3-6,9H,7-8H2,1-2H3;(H2,1,2,3,4). The molecule has 0 aliphatic carbocycles. The molecule has 112 valence electrons. The van der Waals surface area contributed by atoms with Crippen molar-refractivity contribution in [1.29, 1.82) is 0 Å². The maximum Gasteiger partial charge on any atom is 0.394 e. The summed E-state index contributed by atoms with van der Waals surface area (Å²) in [5, 5.41) is 0. The smallest absolute Gasteiger partial charge is 0.264 e. The summed E-state index contributed by atoms with van der Waals surface area (Å²) in [7, 11) is -4.67. The molecular formula is C12H17NO4S3. The maximum absolute atomic E-state index is 8.74. The van der Waals surface area contributed by atoms with Crippen LogP contribution in [-0.2, 0) is 10.4 Å². The second-order valence-corrected chi connectivity index (χ2v) is 7.59. The number of aliphatic imine (C=N–C) groups is 1. The number of benzene rings is 1. The average molecular weight is 335 g/mol. The quantitative estimate of drug-likeness (QED) is 0.803. The molecule has 8 heteroatoms. The molecule has 0 spiro atoms. The fourth-order valence-corrected chi connectivity index (χ4v) is 3.59. The Morgan fingerprint density at radius 3 is 1.95 bits per heavy atom. The second kappa shape index (κ2) is 8.04. The van der Waals surface area contributed by atoms with Crippen molar-refractivity contribution in [2.24, 2.45) is 4.99 Å². The summed E-state index contributed by atoms with van der Waals surface area (Å²) in [4.78, 5) is 4.60. The molecule has 20 heavy (non-hydrogen) atoms. The van der Waals surface area contributed by atoms with Gasteiger partial charge in [-0.2, -0.15) is 8.42 Å². The highest BCUT2D eigenvalue weighted by atomic mass is 32.3. The molecule has 0 aromatic heterocycles. The van der Waals surface area contributed by atoms with Crippen LogP contribution in [0.1, 0.15) is 25.3 Å². The normalized spacial score (nSPS) is 14.9. The first-order valence-electron chi connectivity index (χ1n) is 5.90. The maximum atomic E-state index is 8.74. The molecule has 1 saturated heterocycles. The van der Waals surface area contributed by atoms with E-state index in [1.165, 1.54) is 21.4 Å². The predicted octanol–water partition coefficient (Wildman–Crippen LogP) is 3.62. The van der Waals surface area contributed by atoms with Crippen LogP contribution < -0.4 is 0 Å². The third-order valence-corrected chi connectivity index (χ3v) is 4.77. The van der Waals surface area contributed by atoms with Gasteiger partial charge in [-0.25, -0.2) is 4.99 Å². The van der Waals surface area contributed by atoms with Gasteiger partial charge >= 0.3 is 10.4 Å². The molecule has 1 fully saturated rings. The van der Waals surface area contributed by atoms with Crippen LogP contribution in [0.25, 0.3) is 0 Å². The summed E-state index contributed by atoms with van der Waals surface area (Å²) in [6.45, 7) is 4.42. The zero-order valence-electron chi connectivity index (χ0n) is 11.2. The zero-order valence-corrected chi connectivity index (χ0v) is 13.6.